The summed E-state index contributed by atoms with van der Waals surface area (Å²) in [6, 6.07) is 11.7. The van der Waals surface area contributed by atoms with E-state index < -0.39 is 5.25 Å². The SMILES string of the molecule is O=C(CS[C@@H]1CC(=O)N(c2ccc(Cl)c(Cl)c2)C1=O)Nc1ccc(Br)cc1. The minimum Gasteiger partial charge on any atom is -0.325 e. The van der Waals surface area contributed by atoms with E-state index in [9.17, 15) is 14.4 Å². The average Bonchev–Trinajstić information content (AvgIpc) is 2.91. The zero-order chi connectivity index (χ0) is 19.6. The lowest BCUT2D eigenvalue weighted by atomic mass is 10.3. The first kappa shape index (κ1) is 20.2. The smallest absolute Gasteiger partial charge is 0.247 e. The van der Waals surface area contributed by atoms with Crippen molar-refractivity contribution in [1.29, 1.82) is 0 Å². The summed E-state index contributed by atoms with van der Waals surface area (Å²) in [5, 5.41) is 2.75. The standard InChI is InChI=1S/C18H13BrCl2N2O3S/c19-10-1-3-11(4-2-10)22-16(24)9-27-15-8-17(25)23(18(15)26)12-5-6-13(20)14(21)7-12/h1-7,15H,8-9H2,(H,22,24)/t15-/m1/s1. The highest BCUT2D eigenvalue weighted by atomic mass is 79.9. The molecule has 2 aromatic rings. The number of anilines is 2. The number of nitrogens with one attached hydrogen (secondary N) is 1. The summed E-state index contributed by atoms with van der Waals surface area (Å²) >= 11 is 16.3. The maximum atomic E-state index is 12.6. The van der Waals surface area contributed by atoms with Crippen LogP contribution in [0, 0.1) is 0 Å². The molecule has 3 amide bonds. The predicted octanol–water partition coefficient (Wildman–Crippen LogP) is 4.76. The van der Waals surface area contributed by atoms with Crippen molar-refractivity contribution < 1.29 is 14.4 Å². The normalized spacial score (nSPS) is 16.7. The van der Waals surface area contributed by atoms with E-state index >= 15 is 0 Å². The fourth-order valence-electron chi connectivity index (χ4n) is 2.54. The van der Waals surface area contributed by atoms with Gasteiger partial charge < -0.3 is 5.32 Å². The van der Waals surface area contributed by atoms with Crippen LogP contribution in [0.15, 0.2) is 46.9 Å². The van der Waals surface area contributed by atoms with Gasteiger partial charge in [-0.3, -0.25) is 14.4 Å². The van der Waals surface area contributed by atoms with Crippen molar-refractivity contribution in [2.75, 3.05) is 16.0 Å². The first-order valence-corrected chi connectivity index (χ1v) is 10.4. The molecule has 1 saturated heterocycles. The van der Waals surface area contributed by atoms with Crippen molar-refractivity contribution in [3.63, 3.8) is 0 Å². The van der Waals surface area contributed by atoms with Crippen molar-refractivity contribution in [2.45, 2.75) is 11.7 Å². The maximum Gasteiger partial charge on any atom is 0.247 e. The summed E-state index contributed by atoms with van der Waals surface area (Å²) in [5.74, 6) is -0.866. The van der Waals surface area contributed by atoms with E-state index in [-0.39, 0.29) is 34.9 Å². The molecule has 0 unspecified atom stereocenters. The first-order valence-electron chi connectivity index (χ1n) is 7.84. The molecule has 1 aliphatic rings. The lowest BCUT2D eigenvalue weighted by molar-refractivity contribution is -0.121. The van der Waals surface area contributed by atoms with Gasteiger partial charge in [0, 0.05) is 16.6 Å². The molecule has 27 heavy (non-hydrogen) atoms. The molecule has 3 rings (SSSR count). The molecule has 1 aliphatic heterocycles. The number of nitrogens with zero attached hydrogens (tertiary/aromatic N) is 1. The highest BCUT2D eigenvalue weighted by molar-refractivity contribution is 9.10. The molecule has 1 heterocycles. The number of halogens is 3. The van der Waals surface area contributed by atoms with Crippen LogP contribution in [-0.4, -0.2) is 28.7 Å². The topological polar surface area (TPSA) is 66.5 Å². The molecule has 0 saturated carbocycles. The Morgan fingerprint density at radius 1 is 1.15 bits per heavy atom. The Kier molecular flexibility index (Phi) is 6.47. The van der Waals surface area contributed by atoms with Crippen molar-refractivity contribution in [3.8, 4) is 0 Å². The Morgan fingerprint density at radius 3 is 2.52 bits per heavy atom. The van der Waals surface area contributed by atoms with Crippen LogP contribution in [0.25, 0.3) is 0 Å². The van der Waals surface area contributed by atoms with Gasteiger partial charge in [0.25, 0.3) is 0 Å². The van der Waals surface area contributed by atoms with Gasteiger partial charge in [-0.1, -0.05) is 39.1 Å². The molecule has 1 atom stereocenters. The van der Waals surface area contributed by atoms with Crippen molar-refractivity contribution in [1.82, 2.24) is 0 Å². The minimum absolute atomic E-state index is 0.0370. The molecule has 0 spiro atoms. The van der Waals surface area contributed by atoms with Gasteiger partial charge in [0.2, 0.25) is 17.7 Å². The largest absolute Gasteiger partial charge is 0.325 e. The summed E-state index contributed by atoms with van der Waals surface area (Å²) in [7, 11) is 0. The number of benzene rings is 2. The maximum absolute atomic E-state index is 12.6. The van der Waals surface area contributed by atoms with E-state index in [0.717, 1.165) is 21.1 Å². The van der Waals surface area contributed by atoms with Crippen LogP contribution in [0.2, 0.25) is 10.0 Å². The first-order chi connectivity index (χ1) is 12.8. The molecular formula is C18H13BrCl2N2O3S. The van der Waals surface area contributed by atoms with E-state index in [4.69, 9.17) is 23.2 Å². The summed E-state index contributed by atoms with van der Waals surface area (Å²) in [4.78, 5) is 38.0. The average molecular weight is 488 g/mol. The molecule has 0 aliphatic carbocycles. The number of carbonyl (C=O) groups is 3. The van der Waals surface area contributed by atoms with Gasteiger partial charge in [-0.15, -0.1) is 11.8 Å². The van der Waals surface area contributed by atoms with Crippen LogP contribution in [0.3, 0.4) is 0 Å². The number of amides is 3. The lowest BCUT2D eigenvalue weighted by Crippen LogP contribution is -2.31. The zero-order valence-electron chi connectivity index (χ0n) is 13.7. The van der Waals surface area contributed by atoms with Gasteiger partial charge >= 0.3 is 0 Å². The Labute approximate surface area is 178 Å². The number of carbonyl (C=O) groups excluding carboxylic acids is 3. The lowest BCUT2D eigenvalue weighted by Gasteiger charge is -2.15. The van der Waals surface area contributed by atoms with Crippen molar-refractivity contribution >= 4 is 80.0 Å². The second-order valence-corrected chi connectivity index (χ2v) is 8.65. The van der Waals surface area contributed by atoms with Crippen LogP contribution in [0.1, 0.15) is 6.42 Å². The van der Waals surface area contributed by atoms with Crippen LogP contribution in [0.5, 0.6) is 0 Å². The van der Waals surface area contributed by atoms with E-state index in [0.29, 0.717) is 16.4 Å². The van der Waals surface area contributed by atoms with Crippen LogP contribution >= 0.6 is 50.9 Å². The number of rotatable bonds is 5. The fraction of sp³-hybridized carbons (Fsp3) is 0.167. The van der Waals surface area contributed by atoms with Gasteiger partial charge in [-0.25, -0.2) is 4.90 Å². The van der Waals surface area contributed by atoms with Crippen LogP contribution in [0.4, 0.5) is 11.4 Å². The summed E-state index contributed by atoms with van der Waals surface area (Å²) in [6.07, 6.45) is 0.0370. The molecule has 2 aromatic carbocycles. The summed E-state index contributed by atoms with van der Waals surface area (Å²) in [5.41, 5.74) is 1.04. The number of hydrogen-bond acceptors (Lipinski definition) is 4. The van der Waals surface area contributed by atoms with Crippen LogP contribution in [-0.2, 0) is 14.4 Å². The second-order valence-electron chi connectivity index (χ2n) is 5.72. The second kappa shape index (κ2) is 8.65. The van der Waals surface area contributed by atoms with E-state index in [1.165, 1.54) is 12.1 Å². The van der Waals surface area contributed by atoms with Gasteiger partial charge in [-0.05, 0) is 42.5 Å². The predicted molar refractivity (Wildman–Crippen MR) is 113 cm³/mol. The minimum atomic E-state index is -0.609. The molecule has 140 valence electrons. The molecule has 1 N–H and O–H groups in total. The molecular weight excluding hydrogens is 475 g/mol. The zero-order valence-corrected chi connectivity index (χ0v) is 17.7. The van der Waals surface area contributed by atoms with Crippen LogP contribution < -0.4 is 10.2 Å². The summed E-state index contributed by atoms with van der Waals surface area (Å²) in [6.45, 7) is 0. The molecule has 1 fully saturated rings. The fourth-order valence-corrected chi connectivity index (χ4v) is 4.03. The Hall–Kier alpha value is -1.54. The quantitative estimate of drug-likeness (QED) is 0.617. The van der Waals surface area contributed by atoms with Gasteiger partial charge in [-0.2, -0.15) is 0 Å². The Bertz CT molecular complexity index is 908. The highest BCUT2D eigenvalue weighted by Gasteiger charge is 2.40. The molecule has 0 bridgehead atoms. The third-order valence-electron chi connectivity index (χ3n) is 3.81. The van der Waals surface area contributed by atoms with Gasteiger partial charge in [0.05, 0.1) is 26.7 Å². The Morgan fingerprint density at radius 2 is 1.85 bits per heavy atom. The summed E-state index contributed by atoms with van der Waals surface area (Å²) < 4.78 is 0.910. The molecule has 5 nitrogen and oxygen atoms in total. The third-order valence-corrected chi connectivity index (χ3v) is 6.28. The number of imide groups is 1. The van der Waals surface area contributed by atoms with Gasteiger partial charge in [0.1, 0.15) is 0 Å². The third kappa shape index (κ3) is 4.85. The Balaban J connectivity index is 1.60. The van der Waals surface area contributed by atoms with E-state index in [2.05, 4.69) is 21.2 Å². The van der Waals surface area contributed by atoms with E-state index in [1.807, 2.05) is 12.1 Å². The number of hydrogen-bond donors (Lipinski definition) is 1. The molecule has 0 aromatic heterocycles. The monoisotopic (exact) mass is 486 g/mol. The molecule has 9 heteroatoms. The molecule has 0 radical (unpaired) electrons. The van der Waals surface area contributed by atoms with Crippen molar-refractivity contribution in [3.05, 3.63) is 57.0 Å². The number of thioether (sulfide) groups is 1. The van der Waals surface area contributed by atoms with Crippen molar-refractivity contribution in [2.24, 2.45) is 0 Å². The highest BCUT2D eigenvalue weighted by Crippen LogP contribution is 2.33. The van der Waals surface area contributed by atoms with E-state index in [1.54, 1.807) is 18.2 Å². The van der Waals surface area contributed by atoms with Gasteiger partial charge in [0.15, 0.2) is 0 Å².